The molecule has 2 heterocycles. The first-order chi connectivity index (χ1) is 11.6. The third kappa shape index (κ3) is 3.18. The van der Waals surface area contributed by atoms with Gasteiger partial charge in [-0.05, 0) is 36.0 Å². The molecule has 0 saturated carbocycles. The van der Waals surface area contributed by atoms with Crippen LogP contribution in [0.3, 0.4) is 0 Å². The molecule has 0 fully saturated rings. The first kappa shape index (κ1) is 15.9. The van der Waals surface area contributed by atoms with Gasteiger partial charge in [0.15, 0.2) is 16.1 Å². The first-order valence-corrected chi connectivity index (χ1v) is 7.58. The minimum Gasteiger partial charge on any atom is -0.497 e. The minimum atomic E-state index is -0.543. The summed E-state index contributed by atoms with van der Waals surface area (Å²) in [4.78, 5) is 18.0. The van der Waals surface area contributed by atoms with Crippen molar-refractivity contribution in [2.45, 2.75) is 10.3 Å². The molecule has 3 rings (SSSR count). The second-order valence-corrected chi connectivity index (χ2v) is 5.61. The van der Waals surface area contributed by atoms with Gasteiger partial charge in [0.05, 0.1) is 12.0 Å². The highest BCUT2D eigenvalue weighted by Gasteiger charge is 2.14. The third-order valence-corrected chi connectivity index (χ3v) is 4.12. The summed E-state index contributed by atoms with van der Waals surface area (Å²) in [5, 5.41) is 19.8. The molecule has 0 aliphatic rings. The lowest BCUT2D eigenvalue weighted by Gasteiger charge is -2.04. The Hall–Kier alpha value is -3.01. The van der Waals surface area contributed by atoms with Gasteiger partial charge in [0.1, 0.15) is 18.1 Å². The summed E-state index contributed by atoms with van der Waals surface area (Å²) < 4.78 is 6.94. The van der Waals surface area contributed by atoms with E-state index in [9.17, 15) is 10.1 Å². The Bertz CT molecular complexity index is 863. The van der Waals surface area contributed by atoms with E-state index in [1.807, 2.05) is 31.3 Å². The molecule has 0 saturated heterocycles. The van der Waals surface area contributed by atoms with Crippen LogP contribution in [0.1, 0.15) is 0 Å². The molecule has 0 atom stereocenters. The highest BCUT2D eigenvalue weighted by Crippen LogP contribution is 2.27. The van der Waals surface area contributed by atoms with E-state index in [1.165, 1.54) is 11.8 Å². The third-order valence-electron chi connectivity index (χ3n) is 3.19. The number of nitrogens with zero attached hydrogens (tertiary/aromatic N) is 6. The van der Waals surface area contributed by atoms with Crippen molar-refractivity contribution < 1.29 is 9.66 Å². The van der Waals surface area contributed by atoms with E-state index in [0.717, 1.165) is 23.7 Å². The fourth-order valence-electron chi connectivity index (χ4n) is 1.93. The predicted octanol–water partition coefficient (Wildman–Crippen LogP) is 2.34. The Balaban J connectivity index is 1.82. The van der Waals surface area contributed by atoms with Crippen molar-refractivity contribution in [3.8, 4) is 17.1 Å². The molecule has 0 N–H and O–H groups in total. The fourth-order valence-corrected chi connectivity index (χ4v) is 2.61. The second kappa shape index (κ2) is 6.62. The monoisotopic (exact) mass is 344 g/mol. The van der Waals surface area contributed by atoms with Gasteiger partial charge in [0.25, 0.3) is 0 Å². The van der Waals surface area contributed by atoms with Crippen molar-refractivity contribution in [3.63, 3.8) is 0 Å². The van der Waals surface area contributed by atoms with Gasteiger partial charge in [0, 0.05) is 12.6 Å². The maximum atomic E-state index is 10.6. The molecule has 9 nitrogen and oxygen atoms in total. The van der Waals surface area contributed by atoms with E-state index in [0.29, 0.717) is 16.1 Å². The maximum absolute atomic E-state index is 10.6. The molecule has 1 aromatic carbocycles. The lowest BCUT2D eigenvalue weighted by molar-refractivity contribution is -0.385. The Labute approximate surface area is 140 Å². The van der Waals surface area contributed by atoms with Crippen LogP contribution in [0, 0.1) is 10.1 Å². The zero-order chi connectivity index (χ0) is 17.1. The molecule has 0 aliphatic carbocycles. The maximum Gasteiger partial charge on any atom is 0.305 e. The average molecular weight is 344 g/mol. The summed E-state index contributed by atoms with van der Waals surface area (Å²) in [6.45, 7) is 0. The van der Waals surface area contributed by atoms with Crippen LogP contribution in [-0.2, 0) is 7.05 Å². The van der Waals surface area contributed by atoms with Crippen molar-refractivity contribution in [2.75, 3.05) is 7.11 Å². The van der Waals surface area contributed by atoms with E-state index in [1.54, 1.807) is 11.7 Å². The van der Waals surface area contributed by atoms with Crippen LogP contribution in [0.25, 0.3) is 11.4 Å². The van der Waals surface area contributed by atoms with Gasteiger partial charge in [-0.3, -0.25) is 10.1 Å². The molecule has 2 aromatic heterocycles. The highest BCUT2D eigenvalue weighted by molar-refractivity contribution is 7.99. The van der Waals surface area contributed by atoms with Crippen molar-refractivity contribution in [1.82, 2.24) is 24.7 Å². The number of ether oxygens (including phenoxy) is 1. The van der Waals surface area contributed by atoms with E-state index in [4.69, 9.17) is 4.74 Å². The van der Waals surface area contributed by atoms with Crippen LogP contribution in [0.5, 0.6) is 5.75 Å². The van der Waals surface area contributed by atoms with Gasteiger partial charge in [0.2, 0.25) is 0 Å². The van der Waals surface area contributed by atoms with E-state index >= 15 is 0 Å². The Morgan fingerprint density at radius 1 is 1.17 bits per heavy atom. The van der Waals surface area contributed by atoms with Crippen LogP contribution >= 0.6 is 11.8 Å². The average Bonchev–Trinajstić information content (AvgIpc) is 2.96. The number of benzene rings is 1. The summed E-state index contributed by atoms with van der Waals surface area (Å²) in [6.07, 6.45) is 2.33. The van der Waals surface area contributed by atoms with Gasteiger partial charge < -0.3 is 9.30 Å². The molecular weight excluding hydrogens is 332 g/mol. The summed E-state index contributed by atoms with van der Waals surface area (Å²) in [5.41, 5.74) is 0.735. The normalized spacial score (nSPS) is 10.6. The molecule has 0 bridgehead atoms. The summed E-state index contributed by atoms with van der Waals surface area (Å²) in [7, 11) is 3.43. The fraction of sp³-hybridized carbons (Fsp3) is 0.143. The number of hydrogen-bond acceptors (Lipinski definition) is 8. The minimum absolute atomic E-state index is 0.156. The number of rotatable bonds is 5. The molecule has 122 valence electrons. The molecule has 0 spiro atoms. The molecule has 0 amide bonds. The van der Waals surface area contributed by atoms with Crippen LogP contribution in [0.2, 0.25) is 0 Å². The van der Waals surface area contributed by atoms with Crippen LogP contribution < -0.4 is 4.74 Å². The topological polar surface area (TPSA) is 109 Å². The smallest absolute Gasteiger partial charge is 0.305 e. The number of methoxy groups -OCH3 is 1. The summed E-state index contributed by atoms with van der Waals surface area (Å²) in [6, 6.07) is 7.46. The van der Waals surface area contributed by atoms with E-state index in [-0.39, 0.29) is 5.69 Å². The molecule has 3 aromatic rings. The van der Waals surface area contributed by atoms with Gasteiger partial charge in [-0.25, -0.2) is 9.97 Å². The van der Waals surface area contributed by atoms with Crippen molar-refractivity contribution in [1.29, 1.82) is 0 Å². The van der Waals surface area contributed by atoms with Gasteiger partial charge in [-0.2, -0.15) is 0 Å². The molecule has 0 unspecified atom stereocenters. The van der Waals surface area contributed by atoms with Crippen LogP contribution in [0.4, 0.5) is 5.69 Å². The molecular formula is C14H12N6O3S. The van der Waals surface area contributed by atoms with Crippen molar-refractivity contribution >= 4 is 17.4 Å². The van der Waals surface area contributed by atoms with Gasteiger partial charge >= 0.3 is 5.69 Å². The van der Waals surface area contributed by atoms with Gasteiger partial charge in [-0.1, -0.05) is 0 Å². The SMILES string of the molecule is COc1ccc(-c2nnc(Sc3ncc([N+](=O)[O-])cn3)n2C)cc1. The first-order valence-electron chi connectivity index (χ1n) is 6.76. The van der Waals surface area contributed by atoms with Crippen LogP contribution in [-0.4, -0.2) is 36.8 Å². The molecule has 0 radical (unpaired) electrons. The largest absolute Gasteiger partial charge is 0.497 e. The van der Waals surface area contributed by atoms with Crippen LogP contribution in [0.15, 0.2) is 47.0 Å². The summed E-state index contributed by atoms with van der Waals surface area (Å²) >= 11 is 1.18. The quantitative estimate of drug-likeness (QED) is 0.394. The Morgan fingerprint density at radius 2 is 1.83 bits per heavy atom. The number of hydrogen-bond donors (Lipinski definition) is 0. The molecule has 10 heteroatoms. The number of aromatic nitrogens is 5. The zero-order valence-corrected chi connectivity index (χ0v) is 13.6. The summed E-state index contributed by atoms with van der Waals surface area (Å²) in [5.74, 6) is 1.44. The lowest BCUT2D eigenvalue weighted by Crippen LogP contribution is -1.96. The second-order valence-electron chi connectivity index (χ2n) is 4.68. The lowest BCUT2D eigenvalue weighted by atomic mass is 10.2. The molecule has 0 aliphatic heterocycles. The zero-order valence-electron chi connectivity index (χ0n) is 12.8. The highest BCUT2D eigenvalue weighted by atomic mass is 32.2. The van der Waals surface area contributed by atoms with Gasteiger partial charge in [-0.15, -0.1) is 10.2 Å². The Morgan fingerprint density at radius 3 is 2.42 bits per heavy atom. The molecule has 24 heavy (non-hydrogen) atoms. The van der Waals surface area contributed by atoms with Crippen molar-refractivity contribution in [2.24, 2.45) is 7.05 Å². The van der Waals surface area contributed by atoms with Crippen molar-refractivity contribution in [3.05, 3.63) is 46.8 Å². The number of nitro groups is 1. The predicted molar refractivity (Wildman–Crippen MR) is 85.8 cm³/mol. The standard InChI is InChI=1S/C14H12N6O3S/c1-19-12(9-3-5-11(23-2)6-4-9)17-18-14(19)24-13-15-7-10(8-16-13)20(21)22/h3-8H,1-2H3. The van der Waals surface area contributed by atoms with E-state index < -0.39 is 4.92 Å². The Kier molecular flexibility index (Phi) is 4.38. The van der Waals surface area contributed by atoms with E-state index in [2.05, 4.69) is 20.2 Å².